The van der Waals surface area contributed by atoms with Gasteiger partial charge in [-0.25, -0.2) is 9.18 Å². The Kier molecular flexibility index (Phi) is 3.34. The second-order valence-electron chi connectivity index (χ2n) is 3.91. The van der Waals surface area contributed by atoms with E-state index in [1.54, 1.807) is 25.1 Å². The molecular formula is C14H10ClFO2. The molecule has 0 amide bonds. The monoisotopic (exact) mass is 264 g/mol. The fourth-order valence-corrected chi connectivity index (χ4v) is 2.05. The van der Waals surface area contributed by atoms with Crippen LogP contribution in [0.1, 0.15) is 15.9 Å². The van der Waals surface area contributed by atoms with Crippen molar-refractivity contribution in [3.63, 3.8) is 0 Å². The molecule has 0 radical (unpaired) electrons. The van der Waals surface area contributed by atoms with Gasteiger partial charge in [0.15, 0.2) is 0 Å². The van der Waals surface area contributed by atoms with E-state index in [4.69, 9.17) is 16.7 Å². The second kappa shape index (κ2) is 4.78. The van der Waals surface area contributed by atoms with Crippen molar-refractivity contribution in [3.8, 4) is 11.1 Å². The standard InChI is InChI=1S/C14H10ClFO2/c1-8-10(3-2-4-13(8)16)11-6-5-9(14(17)18)7-12(11)15/h2-7H,1H3,(H,17,18). The molecular weight excluding hydrogens is 255 g/mol. The number of benzene rings is 2. The first-order valence-electron chi connectivity index (χ1n) is 5.29. The lowest BCUT2D eigenvalue weighted by Crippen LogP contribution is -1.96. The van der Waals surface area contributed by atoms with Gasteiger partial charge in [-0.3, -0.25) is 0 Å². The highest BCUT2D eigenvalue weighted by Crippen LogP contribution is 2.31. The number of carboxylic acids is 1. The molecule has 0 saturated carbocycles. The van der Waals surface area contributed by atoms with Gasteiger partial charge in [-0.05, 0) is 36.2 Å². The highest BCUT2D eigenvalue weighted by atomic mass is 35.5. The molecule has 0 heterocycles. The Hall–Kier alpha value is -1.87. The summed E-state index contributed by atoms with van der Waals surface area (Å²) in [6.07, 6.45) is 0. The minimum absolute atomic E-state index is 0.109. The first-order valence-corrected chi connectivity index (χ1v) is 5.67. The maximum Gasteiger partial charge on any atom is 0.335 e. The van der Waals surface area contributed by atoms with Crippen LogP contribution in [0.15, 0.2) is 36.4 Å². The van der Waals surface area contributed by atoms with Crippen molar-refractivity contribution < 1.29 is 14.3 Å². The van der Waals surface area contributed by atoms with E-state index in [2.05, 4.69) is 0 Å². The van der Waals surface area contributed by atoms with E-state index in [1.165, 1.54) is 18.2 Å². The predicted molar refractivity (Wildman–Crippen MR) is 68.5 cm³/mol. The van der Waals surface area contributed by atoms with Crippen LogP contribution in [-0.2, 0) is 0 Å². The van der Waals surface area contributed by atoms with E-state index in [0.29, 0.717) is 21.7 Å². The number of aromatic carboxylic acids is 1. The van der Waals surface area contributed by atoms with Crippen molar-refractivity contribution in [1.29, 1.82) is 0 Å². The van der Waals surface area contributed by atoms with Gasteiger partial charge >= 0.3 is 5.97 Å². The highest BCUT2D eigenvalue weighted by Gasteiger charge is 2.11. The first kappa shape index (κ1) is 12.6. The third-order valence-electron chi connectivity index (χ3n) is 2.77. The molecule has 0 unspecified atom stereocenters. The number of rotatable bonds is 2. The molecule has 0 bridgehead atoms. The molecule has 92 valence electrons. The summed E-state index contributed by atoms with van der Waals surface area (Å²) < 4.78 is 13.5. The molecule has 0 atom stereocenters. The van der Waals surface area contributed by atoms with Crippen LogP contribution in [0.4, 0.5) is 4.39 Å². The topological polar surface area (TPSA) is 37.3 Å². The minimum Gasteiger partial charge on any atom is -0.478 e. The molecule has 0 aromatic heterocycles. The Morgan fingerprint density at radius 1 is 1.22 bits per heavy atom. The van der Waals surface area contributed by atoms with Crippen LogP contribution < -0.4 is 0 Å². The molecule has 2 aromatic carbocycles. The van der Waals surface area contributed by atoms with Crippen molar-refractivity contribution in [2.45, 2.75) is 6.92 Å². The van der Waals surface area contributed by atoms with E-state index < -0.39 is 5.97 Å². The van der Waals surface area contributed by atoms with E-state index in [0.717, 1.165) is 0 Å². The van der Waals surface area contributed by atoms with Gasteiger partial charge in [-0.2, -0.15) is 0 Å². The van der Waals surface area contributed by atoms with Crippen molar-refractivity contribution in [1.82, 2.24) is 0 Å². The zero-order valence-electron chi connectivity index (χ0n) is 9.58. The molecule has 0 aliphatic heterocycles. The summed E-state index contributed by atoms with van der Waals surface area (Å²) in [6.45, 7) is 1.66. The van der Waals surface area contributed by atoms with Crippen LogP contribution in [0.5, 0.6) is 0 Å². The van der Waals surface area contributed by atoms with Crippen molar-refractivity contribution in [2.75, 3.05) is 0 Å². The van der Waals surface area contributed by atoms with Gasteiger partial charge in [0.05, 0.1) is 5.56 Å². The maximum atomic E-state index is 13.5. The van der Waals surface area contributed by atoms with Gasteiger partial charge in [0.2, 0.25) is 0 Å². The lowest BCUT2D eigenvalue weighted by atomic mass is 9.99. The van der Waals surface area contributed by atoms with Crippen LogP contribution >= 0.6 is 11.6 Å². The summed E-state index contributed by atoms with van der Waals surface area (Å²) in [5.74, 6) is -1.36. The molecule has 0 fully saturated rings. The zero-order chi connectivity index (χ0) is 13.3. The quantitative estimate of drug-likeness (QED) is 0.885. The SMILES string of the molecule is Cc1c(F)cccc1-c1ccc(C(=O)O)cc1Cl. The molecule has 0 aliphatic rings. The van der Waals surface area contributed by atoms with E-state index in [-0.39, 0.29) is 11.4 Å². The molecule has 4 heteroatoms. The summed E-state index contributed by atoms with van der Waals surface area (Å²) >= 11 is 6.05. The molecule has 18 heavy (non-hydrogen) atoms. The number of carboxylic acid groups (broad SMARTS) is 1. The maximum absolute atomic E-state index is 13.5. The van der Waals surface area contributed by atoms with Crippen molar-refractivity contribution in [2.24, 2.45) is 0 Å². The summed E-state index contributed by atoms with van der Waals surface area (Å²) in [4.78, 5) is 10.8. The minimum atomic E-state index is -1.04. The fourth-order valence-electron chi connectivity index (χ4n) is 1.77. The van der Waals surface area contributed by atoms with E-state index >= 15 is 0 Å². The number of hydrogen-bond acceptors (Lipinski definition) is 1. The number of carbonyl (C=O) groups is 1. The van der Waals surface area contributed by atoms with Crippen LogP contribution in [0.25, 0.3) is 11.1 Å². The molecule has 0 aliphatic carbocycles. The van der Waals surface area contributed by atoms with Gasteiger partial charge in [-0.1, -0.05) is 29.8 Å². The second-order valence-corrected chi connectivity index (χ2v) is 4.32. The Morgan fingerprint density at radius 2 is 1.94 bits per heavy atom. The Labute approximate surface area is 109 Å². The summed E-state index contributed by atoms with van der Waals surface area (Å²) in [5, 5.41) is 9.15. The molecule has 2 aromatic rings. The highest BCUT2D eigenvalue weighted by molar-refractivity contribution is 6.33. The molecule has 2 nitrogen and oxygen atoms in total. The average Bonchev–Trinajstić information content (AvgIpc) is 2.33. The molecule has 1 N–H and O–H groups in total. The van der Waals surface area contributed by atoms with E-state index in [9.17, 15) is 9.18 Å². The van der Waals surface area contributed by atoms with Gasteiger partial charge in [0.1, 0.15) is 5.82 Å². The van der Waals surface area contributed by atoms with Gasteiger partial charge < -0.3 is 5.11 Å². The van der Waals surface area contributed by atoms with Crippen molar-refractivity contribution in [3.05, 3.63) is 58.4 Å². The lowest BCUT2D eigenvalue weighted by molar-refractivity contribution is 0.0697. The Bertz CT molecular complexity index is 623. The fraction of sp³-hybridized carbons (Fsp3) is 0.0714. The number of halogens is 2. The van der Waals surface area contributed by atoms with Crippen LogP contribution in [-0.4, -0.2) is 11.1 Å². The molecule has 2 rings (SSSR count). The predicted octanol–water partition coefficient (Wildman–Crippen LogP) is 4.15. The molecule has 0 saturated heterocycles. The van der Waals surface area contributed by atoms with Crippen LogP contribution in [0.3, 0.4) is 0 Å². The third-order valence-corrected chi connectivity index (χ3v) is 3.09. The third kappa shape index (κ3) is 2.22. The normalized spacial score (nSPS) is 10.4. The summed E-state index contributed by atoms with van der Waals surface area (Å²) in [6, 6.07) is 9.13. The first-order chi connectivity index (χ1) is 8.50. The Balaban J connectivity index is 2.58. The Morgan fingerprint density at radius 3 is 2.56 bits per heavy atom. The lowest BCUT2D eigenvalue weighted by Gasteiger charge is -2.09. The number of hydrogen-bond donors (Lipinski definition) is 1. The largest absolute Gasteiger partial charge is 0.478 e. The van der Waals surface area contributed by atoms with Gasteiger partial charge in [0.25, 0.3) is 0 Å². The average molecular weight is 265 g/mol. The smallest absolute Gasteiger partial charge is 0.335 e. The van der Waals surface area contributed by atoms with Crippen LogP contribution in [0, 0.1) is 12.7 Å². The van der Waals surface area contributed by atoms with Crippen LogP contribution in [0.2, 0.25) is 5.02 Å². The zero-order valence-corrected chi connectivity index (χ0v) is 10.3. The van der Waals surface area contributed by atoms with Crippen molar-refractivity contribution >= 4 is 17.6 Å². The van der Waals surface area contributed by atoms with Gasteiger partial charge in [-0.15, -0.1) is 0 Å². The molecule has 0 spiro atoms. The summed E-state index contributed by atoms with van der Waals surface area (Å²) in [5.41, 5.74) is 1.89. The summed E-state index contributed by atoms with van der Waals surface area (Å²) in [7, 11) is 0. The van der Waals surface area contributed by atoms with Gasteiger partial charge in [0, 0.05) is 10.6 Å². The van der Waals surface area contributed by atoms with E-state index in [1.807, 2.05) is 0 Å².